The van der Waals surface area contributed by atoms with Crippen molar-refractivity contribution in [3.05, 3.63) is 24.3 Å². The molecule has 1 aliphatic carbocycles. The van der Waals surface area contributed by atoms with E-state index in [1.807, 2.05) is 11.9 Å². The number of rotatable bonds is 4. The maximum Gasteiger partial charge on any atom is 0.283 e. The number of carbonyl (C=O) groups excluding carboxylic acids is 1. The number of nitrogens with zero attached hydrogens (tertiary/aromatic N) is 3. The summed E-state index contributed by atoms with van der Waals surface area (Å²) in [5, 5.41) is 12.1. The van der Waals surface area contributed by atoms with Gasteiger partial charge in [0.2, 0.25) is 5.91 Å². The Labute approximate surface area is 153 Å². The van der Waals surface area contributed by atoms with Crippen LogP contribution in [0.2, 0.25) is 0 Å². The minimum atomic E-state index is -3.77. The SMILES string of the molecule is CN1CCCC1=NS(=O)(=O)c1ccc(NC(=O)C2(C#N)CCCC2)cc1. The van der Waals surface area contributed by atoms with E-state index in [-0.39, 0.29) is 10.8 Å². The molecule has 1 saturated carbocycles. The predicted molar refractivity (Wildman–Crippen MR) is 98.1 cm³/mol. The van der Waals surface area contributed by atoms with Crippen LogP contribution in [-0.4, -0.2) is 38.7 Å². The van der Waals surface area contributed by atoms with Crippen molar-refractivity contribution in [3.8, 4) is 6.07 Å². The Kier molecular flexibility index (Phi) is 5.01. The molecule has 26 heavy (non-hydrogen) atoms. The van der Waals surface area contributed by atoms with Crippen LogP contribution in [0.25, 0.3) is 0 Å². The number of amidine groups is 1. The Morgan fingerprint density at radius 2 is 1.88 bits per heavy atom. The molecule has 1 heterocycles. The van der Waals surface area contributed by atoms with Gasteiger partial charge in [-0.05, 0) is 43.5 Å². The number of hydrogen-bond acceptors (Lipinski definition) is 4. The zero-order valence-electron chi connectivity index (χ0n) is 14.7. The number of hydrogen-bond donors (Lipinski definition) is 1. The fourth-order valence-corrected chi connectivity index (χ4v) is 4.52. The number of benzene rings is 1. The highest BCUT2D eigenvalue weighted by atomic mass is 32.2. The summed E-state index contributed by atoms with van der Waals surface area (Å²) >= 11 is 0. The summed E-state index contributed by atoms with van der Waals surface area (Å²) in [5.74, 6) is 0.250. The van der Waals surface area contributed by atoms with Gasteiger partial charge in [-0.15, -0.1) is 4.40 Å². The largest absolute Gasteiger partial charge is 0.362 e. The van der Waals surface area contributed by atoms with E-state index >= 15 is 0 Å². The summed E-state index contributed by atoms with van der Waals surface area (Å²) in [4.78, 5) is 14.4. The van der Waals surface area contributed by atoms with E-state index in [1.165, 1.54) is 24.3 Å². The standard InChI is InChI=1S/C18H22N4O3S/c1-22-12-4-5-16(22)21-26(24,25)15-8-6-14(7-9-15)20-17(23)18(13-19)10-2-3-11-18/h6-9H,2-5,10-12H2,1H3,(H,20,23). The Bertz CT molecular complexity index is 863. The van der Waals surface area contributed by atoms with Crippen LogP contribution in [0.1, 0.15) is 38.5 Å². The van der Waals surface area contributed by atoms with Crippen LogP contribution in [-0.2, 0) is 14.8 Å². The van der Waals surface area contributed by atoms with E-state index in [1.54, 1.807) is 0 Å². The summed E-state index contributed by atoms with van der Waals surface area (Å²) in [5.41, 5.74) is -0.495. The second kappa shape index (κ2) is 7.08. The molecule has 3 rings (SSSR count). The van der Waals surface area contributed by atoms with Crippen molar-refractivity contribution in [2.75, 3.05) is 18.9 Å². The maximum absolute atomic E-state index is 12.4. The second-order valence-electron chi connectivity index (χ2n) is 6.89. The molecule has 1 aromatic rings. The molecule has 1 saturated heterocycles. The predicted octanol–water partition coefficient (Wildman–Crippen LogP) is 2.52. The summed E-state index contributed by atoms with van der Waals surface area (Å²) in [6.07, 6.45) is 4.41. The van der Waals surface area contributed by atoms with Crippen LogP contribution in [0.4, 0.5) is 5.69 Å². The van der Waals surface area contributed by atoms with E-state index in [4.69, 9.17) is 0 Å². The summed E-state index contributed by atoms with van der Waals surface area (Å²) < 4.78 is 28.8. The lowest BCUT2D eigenvalue weighted by atomic mass is 9.87. The molecule has 0 unspecified atom stereocenters. The molecule has 7 nitrogen and oxygen atoms in total. The van der Waals surface area contributed by atoms with Crippen molar-refractivity contribution in [1.29, 1.82) is 5.26 Å². The number of likely N-dealkylation sites (tertiary alicyclic amines) is 1. The molecule has 1 N–H and O–H groups in total. The lowest BCUT2D eigenvalue weighted by Crippen LogP contribution is -2.32. The number of nitriles is 1. The van der Waals surface area contributed by atoms with Crippen molar-refractivity contribution < 1.29 is 13.2 Å². The fourth-order valence-electron chi connectivity index (χ4n) is 3.43. The molecule has 0 aromatic heterocycles. The van der Waals surface area contributed by atoms with Gasteiger partial charge in [0.25, 0.3) is 10.0 Å². The summed E-state index contributed by atoms with van der Waals surface area (Å²) in [6, 6.07) is 8.07. The molecule has 1 amide bonds. The molecule has 2 aliphatic rings. The third kappa shape index (κ3) is 3.58. The van der Waals surface area contributed by atoms with E-state index in [2.05, 4.69) is 15.8 Å². The molecular formula is C18H22N4O3S. The molecule has 0 spiro atoms. The average Bonchev–Trinajstić information content (AvgIpc) is 3.25. The molecule has 1 aromatic carbocycles. The van der Waals surface area contributed by atoms with Gasteiger partial charge in [-0.25, -0.2) is 0 Å². The van der Waals surface area contributed by atoms with Crippen molar-refractivity contribution >= 4 is 27.5 Å². The molecule has 1 aliphatic heterocycles. The Hall–Kier alpha value is -2.40. The third-order valence-corrected chi connectivity index (χ3v) is 6.39. The maximum atomic E-state index is 12.4. The van der Waals surface area contributed by atoms with E-state index in [0.29, 0.717) is 30.8 Å². The van der Waals surface area contributed by atoms with Crippen LogP contribution in [0.3, 0.4) is 0 Å². The van der Waals surface area contributed by atoms with Crippen LogP contribution >= 0.6 is 0 Å². The highest BCUT2D eigenvalue weighted by Gasteiger charge is 2.41. The van der Waals surface area contributed by atoms with Crippen LogP contribution in [0.5, 0.6) is 0 Å². The normalized spacial score (nSPS) is 20.9. The van der Waals surface area contributed by atoms with Gasteiger partial charge in [-0.2, -0.15) is 13.7 Å². The van der Waals surface area contributed by atoms with E-state index < -0.39 is 15.4 Å². The topological polar surface area (TPSA) is 103 Å². The number of amides is 1. The van der Waals surface area contributed by atoms with Crippen molar-refractivity contribution in [1.82, 2.24) is 4.90 Å². The van der Waals surface area contributed by atoms with Gasteiger partial charge >= 0.3 is 0 Å². The first-order valence-electron chi connectivity index (χ1n) is 8.74. The average molecular weight is 374 g/mol. The number of sulfonamides is 1. The van der Waals surface area contributed by atoms with Gasteiger partial charge in [0, 0.05) is 25.7 Å². The van der Waals surface area contributed by atoms with Crippen molar-refractivity contribution in [2.24, 2.45) is 9.81 Å². The molecule has 0 radical (unpaired) electrons. The van der Waals surface area contributed by atoms with Gasteiger partial charge in [0.15, 0.2) is 0 Å². The molecule has 0 atom stereocenters. The van der Waals surface area contributed by atoms with E-state index in [0.717, 1.165) is 25.8 Å². The second-order valence-corrected chi connectivity index (χ2v) is 8.49. The summed E-state index contributed by atoms with van der Waals surface area (Å²) in [7, 11) is -1.95. The highest BCUT2D eigenvalue weighted by molar-refractivity contribution is 7.90. The van der Waals surface area contributed by atoms with Crippen LogP contribution in [0.15, 0.2) is 33.6 Å². The first-order chi connectivity index (χ1) is 12.4. The van der Waals surface area contributed by atoms with Crippen LogP contribution in [0, 0.1) is 16.7 Å². The molecule has 0 bridgehead atoms. The third-order valence-electron chi connectivity index (χ3n) is 5.08. The van der Waals surface area contributed by atoms with Crippen molar-refractivity contribution in [2.45, 2.75) is 43.4 Å². The first kappa shape index (κ1) is 18.4. The van der Waals surface area contributed by atoms with Gasteiger partial charge in [-0.1, -0.05) is 12.8 Å². The minimum absolute atomic E-state index is 0.0826. The highest BCUT2D eigenvalue weighted by Crippen LogP contribution is 2.38. The molecule has 2 fully saturated rings. The number of carbonyl (C=O) groups is 1. The van der Waals surface area contributed by atoms with Crippen molar-refractivity contribution in [3.63, 3.8) is 0 Å². The fraction of sp³-hybridized carbons (Fsp3) is 0.500. The Morgan fingerprint density at radius 3 is 2.42 bits per heavy atom. The lowest BCUT2D eigenvalue weighted by Gasteiger charge is -2.19. The molecular weight excluding hydrogens is 352 g/mol. The number of anilines is 1. The van der Waals surface area contributed by atoms with Gasteiger partial charge in [0.1, 0.15) is 11.3 Å². The number of nitrogens with one attached hydrogen (secondary N) is 1. The zero-order valence-corrected chi connectivity index (χ0v) is 15.6. The van der Waals surface area contributed by atoms with Gasteiger partial charge in [-0.3, -0.25) is 4.79 Å². The van der Waals surface area contributed by atoms with Crippen LogP contribution < -0.4 is 5.32 Å². The Morgan fingerprint density at radius 1 is 1.23 bits per heavy atom. The summed E-state index contributed by atoms with van der Waals surface area (Å²) in [6.45, 7) is 0.806. The monoisotopic (exact) mass is 374 g/mol. The molecule has 138 valence electrons. The van der Waals surface area contributed by atoms with Gasteiger partial charge < -0.3 is 10.2 Å². The zero-order chi connectivity index (χ0) is 18.8. The minimum Gasteiger partial charge on any atom is -0.362 e. The smallest absolute Gasteiger partial charge is 0.283 e. The quantitative estimate of drug-likeness (QED) is 0.872. The van der Waals surface area contributed by atoms with Gasteiger partial charge in [0.05, 0.1) is 11.0 Å². The Balaban J connectivity index is 1.74. The first-order valence-corrected chi connectivity index (χ1v) is 10.2. The van der Waals surface area contributed by atoms with E-state index in [9.17, 15) is 18.5 Å². The molecule has 8 heteroatoms. The lowest BCUT2D eigenvalue weighted by molar-refractivity contribution is -0.122.